The Morgan fingerprint density at radius 3 is 2.38 bits per heavy atom. The molecule has 2 aliphatic heterocycles. The van der Waals surface area contributed by atoms with E-state index in [9.17, 15) is 9.59 Å². The second kappa shape index (κ2) is 7.99. The Morgan fingerprint density at radius 2 is 1.66 bits per heavy atom. The largest absolute Gasteiger partial charge is 0.368 e. The summed E-state index contributed by atoms with van der Waals surface area (Å²) in [4.78, 5) is 29.5. The van der Waals surface area contributed by atoms with E-state index in [2.05, 4.69) is 42.4 Å². The quantitative estimate of drug-likeness (QED) is 0.876. The fourth-order valence-corrected chi connectivity index (χ4v) is 3.83. The number of anilines is 2. The van der Waals surface area contributed by atoms with Crippen LogP contribution in [0.1, 0.15) is 17.5 Å². The highest BCUT2D eigenvalue weighted by Gasteiger charge is 2.29. The van der Waals surface area contributed by atoms with Crippen molar-refractivity contribution in [2.75, 3.05) is 36.1 Å². The van der Waals surface area contributed by atoms with Gasteiger partial charge < -0.3 is 9.80 Å². The van der Waals surface area contributed by atoms with E-state index in [1.807, 2.05) is 35.2 Å². The van der Waals surface area contributed by atoms with Gasteiger partial charge in [0.05, 0.1) is 5.69 Å². The maximum absolute atomic E-state index is 13.0. The first kappa shape index (κ1) is 19.1. The van der Waals surface area contributed by atoms with Crippen molar-refractivity contribution in [3.8, 4) is 0 Å². The second-order valence-electron chi connectivity index (χ2n) is 7.50. The molecular formula is C23H26N4O2. The molecule has 0 aliphatic carbocycles. The zero-order chi connectivity index (χ0) is 20.4. The first-order valence-electron chi connectivity index (χ1n) is 10.00. The Morgan fingerprint density at radius 1 is 0.931 bits per heavy atom. The summed E-state index contributed by atoms with van der Waals surface area (Å²) in [6.07, 6.45) is 1.91. The number of nitrogens with one attached hydrogen (secondary N) is 1. The standard InChI is InChI=1S/C23H26N4O2/c1-17-7-6-10-21(18(17)2)25-13-15-26(16-14-25)23(29)20-11-12-22(28)27(24-20)19-8-4-3-5-9-19/h3-11,24H,12-16H2,1-2H3. The molecule has 2 aromatic carbocycles. The summed E-state index contributed by atoms with van der Waals surface area (Å²) in [6.45, 7) is 7.18. The Labute approximate surface area is 171 Å². The predicted molar refractivity (Wildman–Crippen MR) is 114 cm³/mol. The van der Waals surface area contributed by atoms with E-state index in [1.54, 1.807) is 6.08 Å². The van der Waals surface area contributed by atoms with Crippen LogP contribution in [0.15, 0.2) is 60.3 Å². The minimum atomic E-state index is -0.0764. The van der Waals surface area contributed by atoms with E-state index < -0.39 is 0 Å². The van der Waals surface area contributed by atoms with Gasteiger partial charge in [0.2, 0.25) is 5.91 Å². The first-order valence-corrected chi connectivity index (χ1v) is 10.00. The van der Waals surface area contributed by atoms with Crippen LogP contribution in [0.4, 0.5) is 11.4 Å². The summed E-state index contributed by atoms with van der Waals surface area (Å²) < 4.78 is 0. The third kappa shape index (κ3) is 3.83. The molecule has 0 spiro atoms. The maximum Gasteiger partial charge on any atom is 0.271 e. The molecular weight excluding hydrogens is 364 g/mol. The summed E-state index contributed by atoms with van der Waals surface area (Å²) >= 11 is 0. The normalized spacial score (nSPS) is 17.1. The number of piperazine rings is 1. The van der Waals surface area contributed by atoms with Crippen molar-refractivity contribution in [2.24, 2.45) is 0 Å². The van der Waals surface area contributed by atoms with Gasteiger partial charge in [0.1, 0.15) is 5.70 Å². The number of hydrazine groups is 1. The van der Waals surface area contributed by atoms with Gasteiger partial charge in [-0.2, -0.15) is 0 Å². The molecule has 1 saturated heterocycles. The number of hydrogen-bond acceptors (Lipinski definition) is 4. The fraction of sp³-hybridized carbons (Fsp3) is 0.304. The summed E-state index contributed by atoms with van der Waals surface area (Å²) in [7, 11) is 0. The van der Waals surface area contributed by atoms with Gasteiger partial charge in [-0.05, 0) is 49.2 Å². The van der Waals surface area contributed by atoms with Crippen LogP contribution >= 0.6 is 0 Å². The Balaban J connectivity index is 1.42. The minimum Gasteiger partial charge on any atom is -0.368 e. The fourth-order valence-electron chi connectivity index (χ4n) is 3.83. The van der Waals surface area contributed by atoms with Gasteiger partial charge in [0.25, 0.3) is 5.91 Å². The SMILES string of the molecule is Cc1cccc(N2CCN(C(=O)C3=CCC(=O)N(c4ccccc4)N3)CC2)c1C. The number of nitrogens with zero attached hydrogens (tertiary/aromatic N) is 3. The average molecular weight is 390 g/mol. The molecule has 29 heavy (non-hydrogen) atoms. The number of rotatable bonds is 3. The molecule has 0 radical (unpaired) electrons. The molecule has 1 fully saturated rings. The zero-order valence-electron chi connectivity index (χ0n) is 16.9. The van der Waals surface area contributed by atoms with E-state index in [0.29, 0.717) is 18.8 Å². The second-order valence-corrected chi connectivity index (χ2v) is 7.50. The van der Waals surface area contributed by atoms with E-state index in [4.69, 9.17) is 0 Å². The lowest BCUT2D eigenvalue weighted by Crippen LogP contribution is -2.53. The molecule has 0 atom stereocenters. The number of benzene rings is 2. The highest BCUT2D eigenvalue weighted by molar-refractivity contribution is 6.01. The van der Waals surface area contributed by atoms with E-state index in [1.165, 1.54) is 21.8 Å². The molecule has 150 valence electrons. The summed E-state index contributed by atoms with van der Waals surface area (Å²) in [5, 5.41) is 1.46. The molecule has 0 unspecified atom stereocenters. The zero-order valence-corrected chi connectivity index (χ0v) is 16.9. The van der Waals surface area contributed by atoms with Crippen LogP contribution in [-0.2, 0) is 9.59 Å². The summed E-state index contributed by atoms with van der Waals surface area (Å²) in [5.74, 6) is -0.133. The molecule has 0 aromatic heterocycles. The van der Waals surface area contributed by atoms with Crippen molar-refractivity contribution in [2.45, 2.75) is 20.3 Å². The lowest BCUT2D eigenvalue weighted by molar-refractivity contribution is -0.128. The minimum absolute atomic E-state index is 0.0564. The van der Waals surface area contributed by atoms with Crippen LogP contribution in [0.2, 0.25) is 0 Å². The van der Waals surface area contributed by atoms with E-state index in [0.717, 1.165) is 18.8 Å². The van der Waals surface area contributed by atoms with Gasteiger partial charge in [-0.3, -0.25) is 15.0 Å². The third-order valence-electron chi connectivity index (χ3n) is 5.69. The Bertz CT molecular complexity index is 947. The highest BCUT2D eigenvalue weighted by atomic mass is 16.2. The summed E-state index contributed by atoms with van der Waals surface area (Å²) in [5.41, 5.74) is 8.03. The maximum atomic E-state index is 13.0. The third-order valence-corrected chi connectivity index (χ3v) is 5.69. The Kier molecular flexibility index (Phi) is 5.25. The topological polar surface area (TPSA) is 55.9 Å². The van der Waals surface area contributed by atoms with E-state index >= 15 is 0 Å². The number of carbonyl (C=O) groups is 2. The number of para-hydroxylation sites is 1. The van der Waals surface area contributed by atoms with Gasteiger partial charge in [-0.25, -0.2) is 5.01 Å². The van der Waals surface area contributed by atoms with Crippen molar-refractivity contribution in [1.29, 1.82) is 0 Å². The number of hydrogen-bond donors (Lipinski definition) is 1. The van der Waals surface area contributed by atoms with Crippen LogP contribution in [-0.4, -0.2) is 42.9 Å². The molecule has 0 bridgehead atoms. The van der Waals surface area contributed by atoms with Crippen LogP contribution < -0.4 is 15.3 Å². The molecule has 4 rings (SSSR count). The lowest BCUT2D eigenvalue weighted by atomic mass is 10.1. The van der Waals surface area contributed by atoms with Crippen LogP contribution in [0.25, 0.3) is 0 Å². The molecule has 2 amide bonds. The van der Waals surface area contributed by atoms with Gasteiger partial charge in [-0.15, -0.1) is 0 Å². The number of carbonyl (C=O) groups excluding carboxylic acids is 2. The van der Waals surface area contributed by atoms with Crippen LogP contribution in [0.5, 0.6) is 0 Å². The van der Waals surface area contributed by atoms with Crippen molar-refractivity contribution < 1.29 is 9.59 Å². The molecule has 2 heterocycles. The smallest absolute Gasteiger partial charge is 0.271 e. The van der Waals surface area contributed by atoms with E-state index in [-0.39, 0.29) is 18.2 Å². The molecule has 0 saturated carbocycles. The van der Waals surface area contributed by atoms with Crippen molar-refractivity contribution in [3.63, 3.8) is 0 Å². The van der Waals surface area contributed by atoms with Gasteiger partial charge >= 0.3 is 0 Å². The monoisotopic (exact) mass is 390 g/mol. The van der Waals surface area contributed by atoms with Crippen LogP contribution in [0.3, 0.4) is 0 Å². The number of aryl methyl sites for hydroxylation is 1. The molecule has 2 aromatic rings. The van der Waals surface area contributed by atoms with Crippen molar-refractivity contribution in [1.82, 2.24) is 10.3 Å². The van der Waals surface area contributed by atoms with Gasteiger partial charge in [0.15, 0.2) is 0 Å². The van der Waals surface area contributed by atoms with Crippen LogP contribution in [0, 0.1) is 13.8 Å². The molecule has 1 N–H and O–H groups in total. The predicted octanol–water partition coefficient (Wildman–Crippen LogP) is 2.78. The summed E-state index contributed by atoms with van der Waals surface area (Å²) in [6, 6.07) is 15.7. The van der Waals surface area contributed by atoms with Gasteiger partial charge in [0, 0.05) is 38.3 Å². The van der Waals surface area contributed by atoms with Crippen molar-refractivity contribution in [3.05, 3.63) is 71.4 Å². The molecule has 6 heteroatoms. The van der Waals surface area contributed by atoms with Gasteiger partial charge in [-0.1, -0.05) is 30.3 Å². The number of amides is 2. The lowest BCUT2D eigenvalue weighted by Gasteiger charge is -2.38. The molecule has 6 nitrogen and oxygen atoms in total. The average Bonchev–Trinajstić information content (AvgIpc) is 2.76. The highest BCUT2D eigenvalue weighted by Crippen LogP contribution is 2.24. The molecule has 2 aliphatic rings. The van der Waals surface area contributed by atoms with Crippen molar-refractivity contribution >= 4 is 23.2 Å². The Hall–Kier alpha value is -3.28. The first-order chi connectivity index (χ1) is 14.0.